The lowest BCUT2D eigenvalue weighted by Crippen LogP contribution is -2.39. The van der Waals surface area contributed by atoms with Crippen molar-refractivity contribution in [2.45, 2.75) is 19.5 Å². The van der Waals surface area contributed by atoms with E-state index in [1.807, 2.05) is 30.1 Å². The zero-order chi connectivity index (χ0) is 17.7. The molecule has 0 aliphatic carbocycles. The number of non-ortho nitro benzene ring substituents is 1. The molecule has 0 aliphatic heterocycles. The third kappa shape index (κ3) is 4.78. The minimum atomic E-state index is -0.496. The maximum atomic E-state index is 12.3. The van der Waals surface area contributed by atoms with Gasteiger partial charge in [-0.05, 0) is 37.7 Å². The number of rotatable bonds is 6. The number of nitro groups is 1. The molecule has 2 aromatic carbocycles. The van der Waals surface area contributed by atoms with Gasteiger partial charge in [0.1, 0.15) is 0 Å². The first kappa shape index (κ1) is 17.9. The molecule has 2 aromatic rings. The molecule has 0 fully saturated rings. The van der Waals surface area contributed by atoms with E-state index < -0.39 is 11.0 Å². The minimum Gasteiger partial charge on any atom is -0.324 e. The number of anilines is 1. The Labute approximate surface area is 145 Å². The van der Waals surface area contributed by atoms with Crippen LogP contribution in [0, 0.1) is 10.1 Å². The Balaban J connectivity index is 2.00. The molecule has 24 heavy (non-hydrogen) atoms. The fourth-order valence-electron chi connectivity index (χ4n) is 2.20. The van der Waals surface area contributed by atoms with E-state index in [1.54, 1.807) is 19.1 Å². The fraction of sp³-hybridized carbons (Fsp3) is 0.235. The van der Waals surface area contributed by atoms with Crippen molar-refractivity contribution in [3.8, 4) is 0 Å². The van der Waals surface area contributed by atoms with Crippen LogP contribution in [0.4, 0.5) is 11.4 Å². The highest BCUT2D eigenvalue weighted by Gasteiger charge is 2.19. The van der Waals surface area contributed by atoms with Gasteiger partial charge in [-0.2, -0.15) is 0 Å². The molecule has 0 bridgehead atoms. The van der Waals surface area contributed by atoms with Gasteiger partial charge in [0.2, 0.25) is 5.91 Å². The average Bonchev–Trinajstić information content (AvgIpc) is 2.54. The molecule has 6 nitrogen and oxygen atoms in total. The van der Waals surface area contributed by atoms with E-state index >= 15 is 0 Å². The van der Waals surface area contributed by atoms with E-state index in [4.69, 9.17) is 11.6 Å². The summed E-state index contributed by atoms with van der Waals surface area (Å²) < 4.78 is 0. The van der Waals surface area contributed by atoms with E-state index in [1.165, 1.54) is 18.2 Å². The number of nitrogens with one attached hydrogen (secondary N) is 1. The van der Waals surface area contributed by atoms with Crippen molar-refractivity contribution in [2.75, 3.05) is 12.4 Å². The van der Waals surface area contributed by atoms with E-state index in [0.29, 0.717) is 17.3 Å². The summed E-state index contributed by atoms with van der Waals surface area (Å²) in [6.07, 6.45) is 0. The number of likely N-dealkylation sites (N-methyl/N-ethyl adjacent to an activating group) is 1. The Morgan fingerprint density at radius 2 is 2.00 bits per heavy atom. The molecular formula is C17H18ClN3O3. The summed E-state index contributed by atoms with van der Waals surface area (Å²) in [5, 5.41) is 14.1. The van der Waals surface area contributed by atoms with E-state index in [2.05, 4.69) is 5.32 Å². The van der Waals surface area contributed by atoms with Crippen molar-refractivity contribution in [1.82, 2.24) is 4.90 Å². The highest BCUT2D eigenvalue weighted by Crippen LogP contribution is 2.18. The van der Waals surface area contributed by atoms with Gasteiger partial charge in [-0.15, -0.1) is 0 Å². The largest absolute Gasteiger partial charge is 0.324 e. The first-order valence-corrected chi connectivity index (χ1v) is 7.74. The highest BCUT2D eigenvalue weighted by molar-refractivity contribution is 6.30. The van der Waals surface area contributed by atoms with E-state index in [9.17, 15) is 14.9 Å². The summed E-state index contributed by atoms with van der Waals surface area (Å²) in [5.74, 6) is -0.236. The summed E-state index contributed by atoms with van der Waals surface area (Å²) >= 11 is 5.97. The molecule has 0 spiro atoms. The second-order valence-corrected chi connectivity index (χ2v) is 5.95. The lowest BCUT2D eigenvalue weighted by atomic mass is 10.2. The van der Waals surface area contributed by atoms with Crippen LogP contribution in [0.3, 0.4) is 0 Å². The van der Waals surface area contributed by atoms with E-state index in [-0.39, 0.29) is 11.6 Å². The summed E-state index contributed by atoms with van der Waals surface area (Å²) in [6, 6.07) is 12.9. The molecule has 0 heterocycles. The lowest BCUT2D eigenvalue weighted by Gasteiger charge is -2.24. The van der Waals surface area contributed by atoms with Crippen molar-refractivity contribution in [2.24, 2.45) is 0 Å². The fourth-order valence-corrected chi connectivity index (χ4v) is 2.42. The Kier molecular flexibility index (Phi) is 5.89. The second-order valence-electron chi connectivity index (χ2n) is 5.52. The van der Waals surface area contributed by atoms with Crippen molar-refractivity contribution < 1.29 is 9.72 Å². The van der Waals surface area contributed by atoms with Gasteiger partial charge in [0.15, 0.2) is 0 Å². The summed E-state index contributed by atoms with van der Waals surface area (Å²) in [5.41, 5.74) is 1.34. The summed E-state index contributed by atoms with van der Waals surface area (Å²) in [7, 11) is 1.83. The van der Waals surface area contributed by atoms with Crippen LogP contribution < -0.4 is 5.32 Å². The van der Waals surface area contributed by atoms with Gasteiger partial charge in [0.05, 0.1) is 11.0 Å². The molecule has 0 saturated heterocycles. The van der Waals surface area contributed by atoms with Gasteiger partial charge in [-0.25, -0.2) is 0 Å². The number of hydrogen-bond donors (Lipinski definition) is 1. The Bertz CT molecular complexity index is 751. The number of amides is 1. The Morgan fingerprint density at radius 1 is 1.29 bits per heavy atom. The van der Waals surface area contributed by atoms with Crippen molar-refractivity contribution in [3.05, 3.63) is 69.2 Å². The molecule has 2 rings (SSSR count). The van der Waals surface area contributed by atoms with Gasteiger partial charge in [-0.3, -0.25) is 19.8 Å². The standard InChI is InChI=1S/C17H18ClN3O3/c1-12(20(2)11-13-5-3-6-14(18)9-13)17(22)19-15-7-4-8-16(10-15)21(23)24/h3-10,12H,11H2,1-2H3,(H,19,22). The summed E-state index contributed by atoms with van der Waals surface area (Å²) in [4.78, 5) is 24.5. The number of hydrogen-bond acceptors (Lipinski definition) is 4. The molecule has 0 saturated carbocycles. The Morgan fingerprint density at radius 3 is 2.67 bits per heavy atom. The van der Waals surface area contributed by atoms with Gasteiger partial charge < -0.3 is 5.32 Å². The van der Waals surface area contributed by atoms with Gasteiger partial charge in [0.25, 0.3) is 5.69 Å². The van der Waals surface area contributed by atoms with Crippen LogP contribution in [-0.2, 0) is 11.3 Å². The number of carbonyl (C=O) groups is 1. The molecule has 0 aliphatic rings. The lowest BCUT2D eigenvalue weighted by molar-refractivity contribution is -0.384. The third-order valence-corrected chi connectivity index (χ3v) is 3.92. The van der Waals surface area contributed by atoms with Gasteiger partial charge in [0, 0.05) is 29.4 Å². The monoisotopic (exact) mass is 347 g/mol. The molecular weight excluding hydrogens is 330 g/mol. The first-order valence-electron chi connectivity index (χ1n) is 7.37. The number of carbonyl (C=O) groups excluding carboxylic acids is 1. The SMILES string of the molecule is CC(C(=O)Nc1cccc([N+](=O)[O-])c1)N(C)Cc1cccc(Cl)c1. The molecule has 1 atom stereocenters. The second kappa shape index (κ2) is 7.90. The van der Waals surface area contributed by atoms with Crippen LogP contribution in [0.1, 0.15) is 12.5 Å². The van der Waals surface area contributed by atoms with Crippen LogP contribution in [0.25, 0.3) is 0 Å². The predicted molar refractivity (Wildman–Crippen MR) is 94.1 cm³/mol. The minimum absolute atomic E-state index is 0.0623. The summed E-state index contributed by atoms with van der Waals surface area (Å²) in [6.45, 7) is 2.33. The average molecular weight is 348 g/mol. The molecule has 1 unspecified atom stereocenters. The van der Waals surface area contributed by atoms with E-state index in [0.717, 1.165) is 5.56 Å². The molecule has 1 N–H and O–H groups in total. The topological polar surface area (TPSA) is 75.5 Å². The first-order chi connectivity index (χ1) is 11.4. The predicted octanol–water partition coefficient (Wildman–Crippen LogP) is 3.71. The maximum absolute atomic E-state index is 12.3. The van der Waals surface area contributed by atoms with Crippen LogP contribution in [0.15, 0.2) is 48.5 Å². The molecule has 126 valence electrons. The zero-order valence-electron chi connectivity index (χ0n) is 13.4. The maximum Gasteiger partial charge on any atom is 0.271 e. The van der Waals surface area contributed by atoms with Crippen molar-refractivity contribution in [3.63, 3.8) is 0 Å². The van der Waals surface area contributed by atoms with Crippen LogP contribution in [0.5, 0.6) is 0 Å². The van der Waals surface area contributed by atoms with Gasteiger partial charge >= 0.3 is 0 Å². The molecule has 0 aromatic heterocycles. The number of nitro benzene ring substituents is 1. The number of nitrogens with zero attached hydrogens (tertiary/aromatic N) is 2. The highest BCUT2D eigenvalue weighted by atomic mass is 35.5. The van der Waals surface area contributed by atoms with Crippen LogP contribution in [0.2, 0.25) is 5.02 Å². The van der Waals surface area contributed by atoms with Crippen LogP contribution in [-0.4, -0.2) is 28.8 Å². The van der Waals surface area contributed by atoms with Crippen molar-refractivity contribution in [1.29, 1.82) is 0 Å². The zero-order valence-corrected chi connectivity index (χ0v) is 14.2. The third-order valence-electron chi connectivity index (χ3n) is 3.69. The molecule has 0 radical (unpaired) electrons. The number of benzene rings is 2. The van der Waals surface area contributed by atoms with Crippen molar-refractivity contribution >= 4 is 28.9 Å². The molecule has 7 heteroatoms. The smallest absolute Gasteiger partial charge is 0.271 e. The quantitative estimate of drug-likeness (QED) is 0.638. The normalized spacial score (nSPS) is 12.0. The van der Waals surface area contributed by atoms with Gasteiger partial charge in [-0.1, -0.05) is 29.8 Å². The number of halogens is 1. The van der Waals surface area contributed by atoms with Crippen LogP contribution >= 0.6 is 11.6 Å². The molecule has 1 amide bonds. The Hall–Kier alpha value is -2.44.